The lowest BCUT2D eigenvalue weighted by Gasteiger charge is -2.25. The molecular weight excluding hydrogens is 384 g/mol. The number of anilines is 1. The molecule has 158 valence electrons. The van der Waals surface area contributed by atoms with Crippen molar-refractivity contribution in [2.24, 2.45) is 0 Å². The van der Waals surface area contributed by atoms with Crippen molar-refractivity contribution in [2.75, 3.05) is 17.1 Å². The lowest BCUT2D eigenvalue weighted by molar-refractivity contribution is -0.120. The van der Waals surface area contributed by atoms with E-state index in [-0.39, 0.29) is 23.9 Å². The summed E-state index contributed by atoms with van der Waals surface area (Å²) in [5, 5.41) is 2.97. The first-order chi connectivity index (χ1) is 13.4. The fraction of sp³-hybridized carbons (Fsp3) is 0.435. The van der Waals surface area contributed by atoms with Crippen LogP contribution in [0.25, 0.3) is 0 Å². The number of nitrogens with zero attached hydrogens (tertiary/aromatic N) is 1. The average molecular weight is 417 g/mol. The van der Waals surface area contributed by atoms with E-state index in [0.717, 1.165) is 27.3 Å². The first-order valence-corrected chi connectivity index (χ1v) is 11.7. The number of hydrogen-bond donors (Lipinski definition) is 1. The molecule has 1 atom stereocenters. The zero-order chi connectivity index (χ0) is 21.8. The maximum Gasteiger partial charge on any atom is 0.241 e. The number of aryl methyl sites for hydroxylation is 1. The van der Waals surface area contributed by atoms with Crippen LogP contribution in [0.15, 0.2) is 48.5 Å². The Balaban J connectivity index is 2.19. The number of benzene rings is 2. The standard InChI is InChI=1S/C23H32N2O3S/c1-7-21(18-10-8-17(2)9-11-18)24-22(26)16-25(29(6,27)28)20-14-12-19(13-15-20)23(3,4)5/h8-15,21H,7,16H2,1-6H3,(H,24,26)/t21-/m1/s1. The van der Waals surface area contributed by atoms with Crippen LogP contribution in [0.5, 0.6) is 0 Å². The van der Waals surface area contributed by atoms with Gasteiger partial charge in [-0.15, -0.1) is 0 Å². The second-order valence-corrected chi connectivity index (χ2v) is 10.4. The van der Waals surface area contributed by atoms with Gasteiger partial charge in [-0.05, 0) is 42.0 Å². The highest BCUT2D eigenvalue weighted by Gasteiger charge is 2.23. The minimum absolute atomic E-state index is 0.0335. The van der Waals surface area contributed by atoms with Crippen LogP contribution in [0.4, 0.5) is 5.69 Å². The lowest BCUT2D eigenvalue weighted by atomic mass is 9.87. The fourth-order valence-corrected chi connectivity index (χ4v) is 3.97. The Hall–Kier alpha value is -2.34. The van der Waals surface area contributed by atoms with Crippen molar-refractivity contribution in [1.82, 2.24) is 5.32 Å². The molecule has 2 aromatic carbocycles. The van der Waals surface area contributed by atoms with Crippen molar-refractivity contribution >= 4 is 21.6 Å². The molecule has 0 unspecified atom stereocenters. The van der Waals surface area contributed by atoms with Crippen LogP contribution in [-0.2, 0) is 20.2 Å². The summed E-state index contributed by atoms with van der Waals surface area (Å²) in [5.41, 5.74) is 3.71. The van der Waals surface area contributed by atoms with Gasteiger partial charge in [0.2, 0.25) is 15.9 Å². The van der Waals surface area contributed by atoms with Gasteiger partial charge in [-0.1, -0.05) is 69.7 Å². The van der Waals surface area contributed by atoms with E-state index in [9.17, 15) is 13.2 Å². The summed E-state index contributed by atoms with van der Waals surface area (Å²) in [6, 6.07) is 15.2. The molecule has 0 aromatic heterocycles. The summed E-state index contributed by atoms with van der Waals surface area (Å²) in [7, 11) is -3.60. The van der Waals surface area contributed by atoms with Gasteiger partial charge in [-0.3, -0.25) is 9.10 Å². The Kier molecular flexibility index (Phi) is 7.11. The summed E-state index contributed by atoms with van der Waals surface area (Å²) in [5.74, 6) is -0.331. The molecule has 0 saturated heterocycles. The van der Waals surface area contributed by atoms with Gasteiger partial charge < -0.3 is 5.32 Å². The summed E-state index contributed by atoms with van der Waals surface area (Å²) in [4.78, 5) is 12.7. The first kappa shape index (κ1) is 22.9. The van der Waals surface area contributed by atoms with E-state index < -0.39 is 10.0 Å². The van der Waals surface area contributed by atoms with Crippen molar-refractivity contribution in [2.45, 2.75) is 52.5 Å². The van der Waals surface area contributed by atoms with E-state index in [4.69, 9.17) is 0 Å². The van der Waals surface area contributed by atoms with E-state index in [1.54, 1.807) is 12.1 Å². The highest BCUT2D eigenvalue weighted by Crippen LogP contribution is 2.26. The van der Waals surface area contributed by atoms with Gasteiger partial charge in [0.05, 0.1) is 18.0 Å². The molecule has 0 radical (unpaired) electrons. The minimum Gasteiger partial charge on any atom is -0.348 e. The third-order valence-corrected chi connectivity index (χ3v) is 6.07. The van der Waals surface area contributed by atoms with Crippen molar-refractivity contribution in [3.63, 3.8) is 0 Å². The highest BCUT2D eigenvalue weighted by molar-refractivity contribution is 7.92. The zero-order valence-corrected chi connectivity index (χ0v) is 19.0. The van der Waals surface area contributed by atoms with Crippen molar-refractivity contribution in [1.29, 1.82) is 0 Å². The van der Waals surface area contributed by atoms with E-state index in [2.05, 4.69) is 26.1 Å². The molecule has 0 saturated carbocycles. The number of hydrogen-bond acceptors (Lipinski definition) is 3. The van der Waals surface area contributed by atoms with E-state index in [0.29, 0.717) is 12.1 Å². The molecule has 2 rings (SSSR count). The Morgan fingerprint density at radius 1 is 1.03 bits per heavy atom. The molecule has 0 aliphatic rings. The van der Waals surface area contributed by atoms with Gasteiger partial charge in [0.25, 0.3) is 0 Å². The molecule has 1 N–H and O–H groups in total. The Morgan fingerprint density at radius 2 is 1.59 bits per heavy atom. The average Bonchev–Trinajstić information content (AvgIpc) is 2.63. The maximum absolute atomic E-state index is 12.7. The molecule has 6 heteroatoms. The predicted octanol–water partition coefficient (Wildman–Crippen LogP) is 4.33. The number of rotatable bonds is 7. The molecule has 0 bridgehead atoms. The molecule has 1 amide bonds. The number of sulfonamides is 1. The molecule has 0 heterocycles. The Morgan fingerprint density at radius 3 is 2.03 bits per heavy atom. The van der Waals surface area contributed by atoms with Gasteiger partial charge in [0.15, 0.2) is 0 Å². The predicted molar refractivity (Wildman–Crippen MR) is 120 cm³/mol. The maximum atomic E-state index is 12.7. The minimum atomic E-state index is -3.60. The number of amides is 1. The van der Waals surface area contributed by atoms with Crippen molar-refractivity contribution in [3.8, 4) is 0 Å². The fourth-order valence-electron chi connectivity index (χ4n) is 3.12. The normalized spacial score (nSPS) is 13.0. The summed E-state index contributed by atoms with van der Waals surface area (Å²) >= 11 is 0. The van der Waals surface area contributed by atoms with E-state index >= 15 is 0 Å². The van der Waals surface area contributed by atoms with Gasteiger partial charge in [-0.2, -0.15) is 0 Å². The van der Waals surface area contributed by atoms with E-state index in [1.807, 2.05) is 50.2 Å². The number of carbonyl (C=O) groups is 1. The number of nitrogens with one attached hydrogen (secondary N) is 1. The molecule has 0 aliphatic heterocycles. The quantitative estimate of drug-likeness (QED) is 0.731. The lowest BCUT2D eigenvalue weighted by Crippen LogP contribution is -2.41. The Bertz CT molecular complexity index is 928. The first-order valence-electron chi connectivity index (χ1n) is 9.86. The van der Waals surface area contributed by atoms with Gasteiger partial charge in [-0.25, -0.2) is 8.42 Å². The molecule has 0 fully saturated rings. The van der Waals surface area contributed by atoms with Gasteiger partial charge >= 0.3 is 0 Å². The van der Waals surface area contributed by atoms with Crippen LogP contribution in [-0.4, -0.2) is 27.1 Å². The second kappa shape index (κ2) is 8.99. The van der Waals surface area contributed by atoms with Gasteiger partial charge in [0.1, 0.15) is 6.54 Å². The van der Waals surface area contributed by atoms with Crippen molar-refractivity contribution < 1.29 is 13.2 Å². The molecule has 5 nitrogen and oxygen atoms in total. The third-order valence-electron chi connectivity index (χ3n) is 4.93. The monoisotopic (exact) mass is 416 g/mol. The van der Waals surface area contributed by atoms with Crippen LogP contribution in [0.1, 0.15) is 56.8 Å². The summed E-state index contributed by atoms with van der Waals surface area (Å²) in [6.07, 6.45) is 1.84. The van der Waals surface area contributed by atoms with Crippen LogP contribution >= 0.6 is 0 Å². The van der Waals surface area contributed by atoms with Crippen LogP contribution in [0, 0.1) is 6.92 Å². The second-order valence-electron chi connectivity index (χ2n) is 8.51. The third kappa shape index (κ3) is 6.32. The van der Waals surface area contributed by atoms with Crippen LogP contribution < -0.4 is 9.62 Å². The topological polar surface area (TPSA) is 66.5 Å². The van der Waals surface area contributed by atoms with Crippen LogP contribution in [0.3, 0.4) is 0 Å². The summed E-state index contributed by atoms with van der Waals surface area (Å²) < 4.78 is 25.9. The highest BCUT2D eigenvalue weighted by atomic mass is 32.2. The zero-order valence-electron chi connectivity index (χ0n) is 18.2. The largest absolute Gasteiger partial charge is 0.348 e. The molecule has 2 aromatic rings. The summed E-state index contributed by atoms with van der Waals surface area (Å²) in [6.45, 7) is 10.0. The molecule has 0 spiro atoms. The van der Waals surface area contributed by atoms with Crippen molar-refractivity contribution in [3.05, 3.63) is 65.2 Å². The number of carbonyl (C=O) groups excluding carboxylic acids is 1. The molecule has 0 aliphatic carbocycles. The van der Waals surface area contributed by atoms with Crippen LogP contribution in [0.2, 0.25) is 0 Å². The smallest absolute Gasteiger partial charge is 0.241 e. The SMILES string of the molecule is CC[C@@H](NC(=O)CN(c1ccc(C(C)(C)C)cc1)S(C)(=O)=O)c1ccc(C)cc1. The van der Waals surface area contributed by atoms with E-state index in [1.165, 1.54) is 0 Å². The molecular formula is C23H32N2O3S. The van der Waals surface area contributed by atoms with Gasteiger partial charge in [0, 0.05) is 0 Å². The molecule has 29 heavy (non-hydrogen) atoms. The Labute approximate surface area is 175 Å².